The summed E-state index contributed by atoms with van der Waals surface area (Å²) < 4.78 is 5.10. The molecule has 0 radical (unpaired) electrons. The molecule has 0 aliphatic carbocycles. The number of nitrogens with zero attached hydrogens (tertiary/aromatic N) is 2. The smallest absolute Gasteiger partial charge is 0.170 e. The van der Waals surface area contributed by atoms with Crippen molar-refractivity contribution in [3.63, 3.8) is 0 Å². The first kappa shape index (κ1) is 7.62. The molecule has 4 heteroatoms. The number of nitrogens with one attached hydrogen (secondary N) is 1. The minimum Gasteiger partial charge on any atom is -0.494 e. The third kappa shape index (κ3) is 1.02. The van der Waals surface area contributed by atoms with Crippen LogP contribution in [0.2, 0.25) is 0 Å². The molecule has 0 spiro atoms. The lowest BCUT2D eigenvalue weighted by Crippen LogP contribution is -1.83. The maximum absolute atomic E-state index is 8.71. The van der Waals surface area contributed by atoms with Gasteiger partial charge < -0.3 is 4.74 Å². The van der Waals surface area contributed by atoms with Crippen molar-refractivity contribution >= 4 is 10.9 Å². The first-order chi connectivity index (χ1) is 6.36. The number of methoxy groups -OCH3 is 1. The molecule has 2 aromatic rings. The van der Waals surface area contributed by atoms with Crippen LogP contribution in [0.3, 0.4) is 0 Å². The van der Waals surface area contributed by atoms with Crippen molar-refractivity contribution < 1.29 is 4.74 Å². The number of fused-ring (bicyclic) bond motifs is 1. The van der Waals surface area contributed by atoms with Gasteiger partial charge in [0.05, 0.1) is 7.11 Å². The van der Waals surface area contributed by atoms with Crippen molar-refractivity contribution in [3.05, 3.63) is 23.9 Å². The molecule has 1 aromatic carbocycles. The topological polar surface area (TPSA) is 61.7 Å². The molecule has 0 atom stereocenters. The van der Waals surface area contributed by atoms with Crippen molar-refractivity contribution in [1.82, 2.24) is 10.2 Å². The molecule has 4 nitrogen and oxygen atoms in total. The molecule has 0 fully saturated rings. The van der Waals surface area contributed by atoms with Crippen molar-refractivity contribution in [3.8, 4) is 11.8 Å². The van der Waals surface area contributed by atoms with Gasteiger partial charge in [0.2, 0.25) is 0 Å². The fourth-order valence-electron chi connectivity index (χ4n) is 1.27. The zero-order valence-corrected chi connectivity index (χ0v) is 7.03. The molecule has 2 rings (SSSR count). The number of H-pyrrole nitrogens is 1. The van der Waals surface area contributed by atoms with E-state index in [1.807, 2.05) is 24.3 Å². The fraction of sp³-hybridized carbons (Fsp3) is 0.111. The van der Waals surface area contributed by atoms with Gasteiger partial charge in [-0.15, -0.1) is 0 Å². The Kier molecular flexibility index (Phi) is 1.64. The molecule has 0 aliphatic heterocycles. The normalized spacial score (nSPS) is 9.85. The van der Waals surface area contributed by atoms with Gasteiger partial charge in [0.15, 0.2) is 5.69 Å². The third-order valence-corrected chi connectivity index (χ3v) is 1.89. The highest BCUT2D eigenvalue weighted by molar-refractivity contribution is 5.88. The summed E-state index contributed by atoms with van der Waals surface area (Å²) in [5, 5.41) is 16.1. The first-order valence-corrected chi connectivity index (χ1v) is 3.78. The van der Waals surface area contributed by atoms with E-state index < -0.39 is 0 Å². The zero-order chi connectivity index (χ0) is 9.26. The van der Waals surface area contributed by atoms with Crippen molar-refractivity contribution in [2.24, 2.45) is 0 Å². The number of aromatic amines is 1. The van der Waals surface area contributed by atoms with Gasteiger partial charge in [-0.3, -0.25) is 5.10 Å². The van der Waals surface area contributed by atoms with Crippen LogP contribution in [-0.4, -0.2) is 17.3 Å². The molecular formula is C9H7N3O. The summed E-state index contributed by atoms with van der Waals surface area (Å²) in [7, 11) is 1.58. The van der Waals surface area contributed by atoms with Crippen LogP contribution in [0.4, 0.5) is 0 Å². The number of rotatable bonds is 1. The molecule has 0 saturated heterocycles. The zero-order valence-electron chi connectivity index (χ0n) is 7.03. The second-order valence-corrected chi connectivity index (χ2v) is 2.57. The molecule has 64 valence electrons. The summed E-state index contributed by atoms with van der Waals surface area (Å²) in [5.41, 5.74) is 1.16. The van der Waals surface area contributed by atoms with Crippen LogP contribution in [0, 0.1) is 11.3 Å². The van der Waals surface area contributed by atoms with Gasteiger partial charge in [0.25, 0.3) is 0 Å². The maximum atomic E-state index is 8.71. The van der Waals surface area contributed by atoms with Gasteiger partial charge in [-0.25, -0.2) is 0 Å². The number of benzene rings is 1. The van der Waals surface area contributed by atoms with E-state index in [1.54, 1.807) is 7.11 Å². The highest BCUT2D eigenvalue weighted by Crippen LogP contribution is 2.24. The number of aromatic nitrogens is 2. The number of hydrogen-bond donors (Lipinski definition) is 1. The predicted octanol–water partition coefficient (Wildman–Crippen LogP) is 1.44. The van der Waals surface area contributed by atoms with E-state index in [0.717, 1.165) is 10.9 Å². The van der Waals surface area contributed by atoms with E-state index in [2.05, 4.69) is 10.2 Å². The minimum absolute atomic E-state index is 0.397. The fourth-order valence-corrected chi connectivity index (χ4v) is 1.27. The molecule has 1 N–H and O–H groups in total. The largest absolute Gasteiger partial charge is 0.494 e. The van der Waals surface area contributed by atoms with E-state index in [9.17, 15) is 0 Å². The Bertz CT molecular complexity index is 481. The van der Waals surface area contributed by atoms with E-state index in [4.69, 9.17) is 10.00 Å². The van der Waals surface area contributed by atoms with Crippen LogP contribution in [0.1, 0.15) is 5.69 Å². The molecule has 0 saturated carbocycles. The maximum Gasteiger partial charge on any atom is 0.170 e. The minimum atomic E-state index is 0.397. The van der Waals surface area contributed by atoms with E-state index >= 15 is 0 Å². The molecule has 0 aliphatic rings. The van der Waals surface area contributed by atoms with Crippen LogP contribution >= 0.6 is 0 Å². The van der Waals surface area contributed by atoms with Crippen molar-refractivity contribution in [2.75, 3.05) is 7.11 Å². The molecular weight excluding hydrogens is 166 g/mol. The molecule has 0 bridgehead atoms. The molecule has 0 amide bonds. The Balaban J connectivity index is 2.81. The summed E-state index contributed by atoms with van der Waals surface area (Å²) in [6.45, 7) is 0. The van der Waals surface area contributed by atoms with Crippen LogP contribution in [0.5, 0.6) is 5.75 Å². The van der Waals surface area contributed by atoms with Crippen LogP contribution in [-0.2, 0) is 0 Å². The molecule has 13 heavy (non-hydrogen) atoms. The van der Waals surface area contributed by atoms with Gasteiger partial charge in [0.1, 0.15) is 17.3 Å². The summed E-state index contributed by atoms with van der Waals surface area (Å²) in [6.07, 6.45) is 0. The van der Waals surface area contributed by atoms with Crippen LogP contribution < -0.4 is 4.74 Å². The van der Waals surface area contributed by atoms with Crippen molar-refractivity contribution in [1.29, 1.82) is 5.26 Å². The third-order valence-electron chi connectivity index (χ3n) is 1.89. The summed E-state index contributed by atoms with van der Waals surface area (Å²) in [5.74, 6) is 0.700. The Morgan fingerprint density at radius 3 is 3.08 bits per heavy atom. The second-order valence-electron chi connectivity index (χ2n) is 2.57. The van der Waals surface area contributed by atoms with Gasteiger partial charge in [-0.05, 0) is 12.1 Å². The van der Waals surface area contributed by atoms with Crippen LogP contribution in [0.15, 0.2) is 18.2 Å². The Morgan fingerprint density at radius 2 is 2.38 bits per heavy atom. The van der Waals surface area contributed by atoms with E-state index in [-0.39, 0.29) is 0 Å². The standard InChI is InChI=1S/C9H7N3O/c1-13-8-4-2-3-6-7(5-10)11-12-9(6)8/h2-4H,1H3,(H,11,12). The van der Waals surface area contributed by atoms with Crippen molar-refractivity contribution in [2.45, 2.75) is 0 Å². The quantitative estimate of drug-likeness (QED) is 0.709. The average molecular weight is 173 g/mol. The lowest BCUT2D eigenvalue weighted by atomic mass is 10.2. The summed E-state index contributed by atoms with van der Waals surface area (Å²) >= 11 is 0. The highest BCUT2D eigenvalue weighted by atomic mass is 16.5. The number of ether oxygens (including phenoxy) is 1. The average Bonchev–Trinajstić information content (AvgIpc) is 2.60. The predicted molar refractivity (Wildman–Crippen MR) is 47.4 cm³/mol. The highest BCUT2D eigenvalue weighted by Gasteiger charge is 2.07. The van der Waals surface area contributed by atoms with E-state index in [1.165, 1.54) is 0 Å². The molecule has 0 unspecified atom stereocenters. The SMILES string of the molecule is COc1cccc2c(C#N)n[nH]c12. The summed E-state index contributed by atoms with van der Waals surface area (Å²) in [6, 6.07) is 7.49. The van der Waals surface area contributed by atoms with Gasteiger partial charge in [0, 0.05) is 5.39 Å². The number of hydrogen-bond acceptors (Lipinski definition) is 3. The summed E-state index contributed by atoms with van der Waals surface area (Å²) in [4.78, 5) is 0. The lowest BCUT2D eigenvalue weighted by molar-refractivity contribution is 0.419. The van der Waals surface area contributed by atoms with Crippen LogP contribution in [0.25, 0.3) is 10.9 Å². The second kappa shape index (κ2) is 2.79. The number of para-hydroxylation sites is 1. The van der Waals surface area contributed by atoms with Gasteiger partial charge >= 0.3 is 0 Å². The Hall–Kier alpha value is -2.02. The molecule has 1 heterocycles. The van der Waals surface area contributed by atoms with Gasteiger partial charge in [-0.1, -0.05) is 6.07 Å². The Labute approximate surface area is 74.7 Å². The van der Waals surface area contributed by atoms with Gasteiger partial charge in [-0.2, -0.15) is 10.4 Å². The Morgan fingerprint density at radius 1 is 1.54 bits per heavy atom. The first-order valence-electron chi connectivity index (χ1n) is 3.78. The monoisotopic (exact) mass is 173 g/mol. The lowest BCUT2D eigenvalue weighted by Gasteiger charge is -1.98. The molecule has 1 aromatic heterocycles. The number of nitriles is 1. The van der Waals surface area contributed by atoms with E-state index in [0.29, 0.717) is 11.4 Å².